The lowest BCUT2D eigenvalue weighted by atomic mass is 9.85. The maximum Gasteiger partial charge on any atom is 0.264 e. The third-order valence-electron chi connectivity index (χ3n) is 5.88. The Morgan fingerprint density at radius 1 is 1.32 bits per heavy atom. The monoisotopic (exact) mass is 429 g/mol. The van der Waals surface area contributed by atoms with Crippen molar-refractivity contribution in [2.75, 3.05) is 5.32 Å². The first-order chi connectivity index (χ1) is 14.6. The van der Waals surface area contributed by atoms with Crippen molar-refractivity contribution < 1.29 is 29.6 Å². The second-order valence-electron chi connectivity index (χ2n) is 8.15. The summed E-state index contributed by atoms with van der Waals surface area (Å²) in [7, 11) is 0. The number of allylic oxidation sites excluding steroid dienone is 1. The van der Waals surface area contributed by atoms with Crippen LogP contribution in [-0.4, -0.2) is 55.9 Å². The highest BCUT2D eigenvalue weighted by molar-refractivity contribution is 6.03. The zero-order chi connectivity index (χ0) is 22.5. The highest BCUT2D eigenvalue weighted by Gasteiger charge is 2.50. The number of ether oxygens (including phenoxy) is 2. The standard InChI is InChI=1S/C22H27N3O6/c1-4-5-12-8-16-19(27)24-15-7-6-13(9-14(15)20(28)25(16)10-12)31-21-18(26)22(3,29)17(23)11(2)30-21/h4-11,17-19,21,24,26-27,29H,23H2,1-3H3. The fraction of sp³-hybridized carbons (Fsp3) is 0.409. The summed E-state index contributed by atoms with van der Waals surface area (Å²) in [5.41, 5.74) is 6.24. The number of carbonyl (C=O) groups is 1. The van der Waals surface area contributed by atoms with Gasteiger partial charge in [-0.2, -0.15) is 0 Å². The van der Waals surface area contributed by atoms with Gasteiger partial charge in [-0.15, -0.1) is 0 Å². The van der Waals surface area contributed by atoms with Crippen LogP contribution in [0.3, 0.4) is 0 Å². The molecule has 0 saturated carbocycles. The van der Waals surface area contributed by atoms with E-state index < -0.39 is 36.4 Å². The fourth-order valence-electron chi connectivity index (χ4n) is 3.97. The summed E-state index contributed by atoms with van der Waals surface area (Å²) in [6, 6.07) is 5.64. The van der Waals surface area contributed by atoms with Crippen LogP contribution >= 0.6 is 0 Å². The van der Waals surface area contributed by atoms with Crippen molar-refractivity contribution in [3.8, 4) is 5.75 Å². The maximum atomic E-state index is 13.2. The molecule has 1 saturated heterocycles. The Labute approximate surface area is 179 Å². The van der Waals surface area contributed by atoms with Crippen LogP contribution in [0, 0.1) is 0 Å². The normalized spacial score (nSPS) is 32.9. The van der Waals surface area contributed by atoms with E-state index in [2.05, 4.69) is 5.32 Å². The van der Waals surface area contributed by atoms with Crippen LogP contribution in [0.4, 0.5) is 5.69 Å². The fourth-order valence-corrected chi connectivity index (χ4v) is 3.97. The number of hydrogen-bond donors (Lipinski definition) is 5. The molecule has 6 atom stereocenters. The van der Waals surface area contributed by atoms with Gasteiger partial charge in [-0.3, -0.25) is 9.36 Å². The molecule has 0 radical (unpaired) electrons. The predicted octanol–water partition coefficient (Wildman–Crippen LogP) is 1.19. The van der Waals surface area contributed by atoms with Gasteiger partial charge in [0.2, 0.25) is 6.29 Å². The molecule has 1 aromatic carbocycles. The summed E-state index contributed by atoms with van der Waals surface area (Å²) in [4.78, 5) is 13.2. The van der Waals surface area contributed by atoms with E-state index in [-0.39, 0.29) is 17.2 Å². The molecule has 3 heterocycles. The third kappa shape index (κ3) is 3.64. The van der Waals surface area contributed by atoms with Crippen molar-refractivity contribution >= 4 is 17.7 Å². The molecule has 0 amide bonds. The average molecular weight is 429 g/mol. The Morgan fingerprint density at radius 2 is 2.06 bits per heavy atom. The minimum Gasteiger partial charge on any atom is -0.462 e. The van der Waals surface area contributed by atoms with Gasteiger partial charge in [-0.25, -0.2) is 0 Å². The number of nitrogens with one attached hydrogen (secondary N) is 1. The van der Waals surface area contributed by atoms with Crippen molar-refractivity contribution in [1.82, 2.24) is 4.57 Å². The number of fused-ring (bicyclic) bond motifs is 2. The number of carbonyl (C=O) groups excluding carboxylic acids is 1. The molecule has 6 N–H and O–H groups in total. The summed E-state index contributed by atoms with van der Waals surface area (Å²) < 4.78 is 12.8. The van der Waals surface area contributed by atoms with E-state index in [9.17, 15) is 20.1 Å². The zero-order valence-electron chi connectivity index (χ0n) is 17.5. The molecule has 1 fully saturated rings. The van der Waals surface area contributed by atoms with Crippen LogP contribution in [-0.2, 0) is 4.74 Å². The summed E-state index contributed by atoms with van der Waals surface area (Å²) in [6.07, 6.45) is 1.13. The number of aliphatic hydroxyl groups excluding tert-OH is 2. The topological polar surface area (TPSA) is 139 Å². The molecule has 4 rings (SSSR count). The first-order valence-corrected chi connectivity index (χ1v) is 10.1. The van der Waals surface area contributed by atoms with Crippen molar-refractivity contribution in [2.45, 2.75) is 57.1 Å². The van der Waals surface area contributed by atoms with Crippen LogP contribution in [0.1, 0.15) is 48.6 Å². The Balaban J connectivity index is 1.65. The van der Waals surface area contributed by atoms with Crippen LogP contribution in [0.2, 0.25) is 0 Å². The summed E-state index contributed by atoms with van der Waals surface area (Å²) in [5, 5.41) is 34.5. The quantitative estimate of drug-likeness (QED) is 0.490. The first kappa shape index (κ1) is 21.5. The molecular formula is C22H27N3O6. The number of aromatic nitrogens is 1. The molecule has 9 heteroatoms. The van der Waals surface area contributed by atoms with E-state index in [4.69, 9.17) is 15.2 Å². The van der Waals surface area contributed by atoms with Gasteiger partial charge in [0.15, 0.2) is 6.23 Å². The molecule has 2 aliphatic heterocycles. The van der Waals surface area contributed by atoms with Gasteiger partial charge in [0, 0.05) is 11.9 Å². The molecule has 0 aliphatic carbocycles. The summed E-state index contributed by atoms with van der Waals surface area (Å²) in [6.45, 7) is 4.98. The van der Waals surface area contributed by atoms with Crippen LogP contribution in [0.15, 0.2) is 36.5 Å². The van der Waals surface area contributed by atoms with E-state index in [1.54, 1.807) is 31.3 Å². The molecule has 2 aromatic rings. The van der Waals surface area contributed by atoms with Crippen LogP contribution < -0.4 is 15.8 Å². The lowest BCUT2D eigenvalue weighted by Crippen LogP contribution is -2.68. The van der Waals surface area contributed by atoms with Gasteiger partial charge in [0.25, 0.3) is 5.91 Å². The van der Waals surface area contributed by atoms with E-state index >= 15 is 0 Å². The molecule has 0 spiro atoms. The number of nitrogens with two attached hydrogens (primary N) is 1. The number of nitrogens with zero attached hydrogens (tertiary/aromatic N) is 1. The first-order valence-electron chi connectivity index (χ1n) is 10.1. The van der Waals surface area contributed by atoms with Crippen LogP contribution in [0.25, 0.3) is 6.08 Å². The van der Waals surface area contributed by atoms with Crippen LogP contribution in [0.5, 0.6) is 5.75 Å². The third-order valence-corrected chi connectivity index (χ3v) is 5.88. The van der Waals surface area contributed by atoms with Gasteiger partial charge in [0.05, 0.1) is 23.4 Å². The van der Waals surface area contributed by atoms with Crippen molar-refractivity contribution in [3.63, 3.8) is 0 Å². The lowest BCUT2D eigenvalue weighted by molar-refractivity contribution is -0.268. The molecule has 166 valence electrons. The van der Waals surface area contributed by atoms with Gasteiger partial charge < -0.3 is 35.8 Å². The molecule has 6 unspecified atom stereocenters. The average Bonchev–Trinajstić information content (AvgIpc) is 3.12. The molecular weight excluding hydrogens is 402 g/mol. The van der Waals surface area contributed by atoms with Gasteiger partial charge in [0.1, 0.15) is 17.5 Å². The molecule has 9 nitrogen and oxygen atoms in total. The van der Waals surface area contributed by atoms with Crippen molar-refractivity contribution in [3.05, 3.63) is 53.4 Å². The minimum atomic E-state index is -1.61. The smallest absolute Gasteiger partial charge is 0.264 e. The van der Waals surface area contributed by atoms with E-state index in [1.807, 2.05) is 19.1 Å². The van der Waals surface area contributed by atoms with Crippen molar-refractivity contribution in [2.24, 2.45) is 5.73 Å². The maximum absolute atomic E-state index is 13.2. The van der Waals surface area contributed by atoms with E-state index in [1.165, 1.54) is 17.6 Å². The van der Waals surface area contributed by atoms with Gasteiger partial charge >= 0.3 is 0 Å². The number of benzene rings is 1. The van der Waals surface area contributed by atoms with E-state index in [0.29, 0.717) is 11.4 Å². The molecule has 1 aromatic heterocycles. The summed E-state index contributed by atoms with van der Waals surface area (Å²) in [5.74, 6) is -0.0852. The lowest BCUT2D eigenvalue weighted by Gasteiger charge is -2.46. The number of anilines is 1. The van der Waals surface area contributed by atoms with Gasteiger partial charge in [-0.1, -0.05) is 12.2 Å². The number of aliphatic hydroxyl groups is 3. The molecule has 31 heavy (non-hydrogen) atoms. The highest BCUT2D eigenvalue weighted by atomic mass is 16.7. The predicted molar refractivity (Wildman–Crippen MR) is 113 cm³/mol. The summed E-state index contributed by atoms with van der Waals surface area (Å²) >= 11 is 0. The largest absolute Gasteiger partial charge is 0.462 e. The van der Waals surface area contributed by atoms with Gasteiger partial charge in [-0.05, 0) is 50.6 Å². The minimum absolute atomic E-state index is 0.259. The number of rotatable bonds is 3. The van der Waals surface area contributed by atoms with Crippen molar-refractivity contribution in [1.29, 1.82) is 0 Å². The Kier molecular flexibility index (Phi) is 5.40. The Hall–Kier alpha value is -2.69. The Morgan fingerprint density at radius 3 is 2.77 bits per heavy atom. The van der Waals surface area contributed by atoms with E-state index in [0.717, 1.165) is 5.56 Å². The number of hydrogen-bond acceptors (Lipinski definition) is 8. The second-order valence-corrected chi connectivity index (χ2v) is 8.15. The zero-order valence-corrected chi connectivity index (χ0v) is 17.5. The second kappa shape index (κ2) is 7.77. The highest BCUT2D eigenvalue weighted by Crippen LogP contribution is 2.34. The Bertz CT molecular complexity index is 1030. The molecule has 2 aliphatic rings. The SMILES string of the molecule is CC=Cc1cc2n(c1)C(=O)c1cc(OC3OC(C)C(N)C(C)(O)C3O)ccc1NC2O. The molecule has 0 bridgehead atoms.